The van der Waals surface area contributed by atoms with Gasteiger partial charge in [0.25, 0.3) is 0 Å². The molecule has 0 aromatic carbocycles. The van der Waals surface area contributed by atoms with Crippen molar-refractivity contribution in [2.24, 2.45) is 0 Å². The third-order valence-electron chi connectivity index (χ3n) is 3.54. The third kappa shape index (κ3) is 5.78. The Morgan fingerprint density at radius 3 is 1.64 bits per heavy atom. The molecule has 0 aromatic heterocycles. The number of nitrogens with one attached hydrogen (secondary N) is 1. The number of likely N-dealkylation sites (N-methyl/N-ethyl adjacent to an activating group) is 1. The Hall–Kier alpha value is -0.0000000000000000971. The van der Waals surface area contributed by atoms with Crippen molar-refractivity contribution in [2.45, 2.75) is 17.5 Å². The molecule has 0 fully saturated rings. The normalized spacial score (nSPS) is 14.5. The molecule has 28 heavy (non-hydrogen) atoms. The smallest absolute Gasteiger partial charge is 0.323 e. The Balaban J connectivity index is 7.14. The summed E-state index contributed by atoms with van der Waals surface area (Å²) in [4.78, 5) is 76.8. The molecule has 0 bridgehead atoms. The minimum atomic E-state index is -6.09. The summed E-state index contributed by atoms with van der Waals surface area (Å²) in [5.41, 5.74) is -4.19. The molecule has 0 saturated heterocycles. The topological polar surface area (TPSA) is 245 Å². The molecule has 0 rings (SSSR count). The molecule has 0 radical (unpaired) electrons. The summed E-state index contributed by atoms with van der Waals surface area (Å²) in [6, 6.07) is 0. The average Bonchev–Trinajstić information content (AvgIpc) is 2.40. The van der Waals surface area contributed by atoms with Crippen LogP contribution in [-0.2, 0) is 18.3 Å². The lowest BCUT2D eigenvalue weighted by Gasteiger charge is -2.47. The third-order valence-corrected chi connectivity index (χ3v) is 11.4. The highest BCUT2D eigenvalue weighted by atomic mass is 31.2. The van der Waals surface area contributed by atoms with Crippen LogP contribution in [-0.4, -0.2) is 74.2 Å². The van der Waals surface area contributed by atoms with Crippen LogP contribution in [0.5, 0.6) is 0 Å². The van der Waals surface area contributed by atoms with Gasteiger partial charge in [0.1, 0.15) is 0 Å². The lowest BCUT2D eigenvalue weighted by Crippen LogP contribution is -2.55. The molecule has 0 heterocycles. The second-order valence-corrected chi connectivity index (χ2v) is 13.1. The van der Waals surface area contributed by atoms with Gasteiger partial charge in [-0.3, -0.25) is 18.3 Å². The first-order valence-corrected chi connectivity index (χ1v) is 13.9. The summed E-state index contributed by atoms with van der Waals surface area (Å²) < 4.78 is 48.1. The van der Waals surface area contributed by atoms with Crippen molar-refractivity contribution >= 4 is 30.4 Å². The largest absolute Gasteiger partial charge is 0.362 e. The van der Waals surface area contributed by atoms with E-state index in [9.17, 15) is 57.4 Å². The summed E-state index contributed by atoms with van der Waals surface area (Å²) in [6.45, 7) is 5.84. The first kappa shape index (κ1) is 28.0. The van der Waals surface area contributed by atoms with Gasteiger partial charge in [-0.05, 0) is 12.1 Å². The lowest BCUT2D eigenvalue weighted by molar-refractivity contribution is 0.165. The maximum Gasteiger partial charge on any atom is 0.362 e. The molecule has 0 aliphatic rings. The Bertz CT molecular complexity index is 731. The number of hydrogen-bond acceptors (Lipinski definition) is 6. The van der Waals surface area contributed by atoms with Crippen LogP contribution in [0.15, 0.2) is 24.8 Å². The molecule has 0 aliphatic carbocycles. The van der Waals surface area contributed by atoms with Gasteiger partial charge in [-0.25, -0.2) is 4.90 Å². The van der Waals surface area contributed by atoms with Gasteiger partial charge in [0.2, 0.25) is 10.5 Å². The quantitative estimate of drug-likeness (QED) is 0.0936. The van der Waals surface area contributed by atoms with Gasteiger partial charge in [0.15, 0.2) is 0 Å². The molecular weight excluding hydrogens is 464 g/mol. The van der Waals surface area contributed by atoms with Gasteiger partial charge < -0.3 is 44.5 Å². The van der Waals surface area contributed by atoms with Crippen LogP contribution in [0.25, 0.3) is 0 Å². The van der Waals surface area contributed by atoms with Crippen molar-refractivity contribution in [2.75, 3.05) is 19.6 Å². The van der Waals surface area contributed by atoms with Crippen LogP contribution < -0.4 is 5.32 Å². The summed E-state index contributed by atoms with van der Waals surface area (Å²) >= 11 is 0. The molecule has 166 valence electrons. The second kappa shape index (κ2) is 9.43. The molecule has 0 spiro atoms. The fourth-order valence-electron chi connectivity index (χ4n) is 2.67. The predicted octanol–water partition coefficient (Wildman–Crippen LogP) is -0.712. The fraction of sp³-hybridized carbons (Fsp3) is 0.600. The van der Waals surface area contributed by atoms with E-state index in [1.54, 1.807) is 0 Å². The van der Waals surface area contributed by atoms with Crippen LogP contribution in [0, 0.1) is 0 Å². The van der Waals surface area contributed by atoms with E-state index in [-0.39, 0.29) is 11.4 Å². The van der Waals surface area contributed by atoms with Crippen molar-refractivity contribution in [3.05, 3.63) is 24.8 Å². The van der Waals surface area contributed by atoms with E-state index < -0.39 is 59.6 Å². The minimum absolute atomic E-state index is 0.00996. The van der Waals surface area contributed by atoms with E-state index in [2.05, 4.69) is 18.5 Å². The van der Waals surface area contributed by atoms with E-state index in [1.165, 1.54) is 6.08 Å². The fourth-order valence-corrected chi connectivity index (χ4v) is 9.52. The maximum atomic E-state index is 12.3. The number of hydrogen-bond donors (Lipinski definition) is 9. The molecule has 0 saturated carbocycles. The van der Waals surface area contributed by atoms with Gasteiger partial charge in [-0.1, -0.05) is 19.6 Å². The van der Waals surface area contributed by atoms with Crippen LogP contribution in [0.1, 0.15) is 6.92 Å². The van der Waals surface area contributed by atoms with Crippen molar-refractivity contribution in [1.82, 2.24) is 10.2 Å². The molecule has 9 N–H and O–H groups in total. The van der Waals surface area contributed by atoms with Crippen LogP contribution in [0.4, 0.5) is 0 Å². The summed E-state index contributed by atoms with van der Waals surface area (Å²) in [6.07, 6.45) is 1.29. The Labute approximate surface area is 160 Å². The molecule has 0 unspecified atom stereocenters. The van der Waals surface area contributed by atoms with Crippen molar-refractivity contribution in [3.63, 3.8) is 0 Å². The van der Waals surface area contributed by atoms with Crippen LogP contribution in [0.3, 0.4) is 0 Å². The van der Waals surface area contributed by atoms with Crippen LogP contribution in [0.2, 0.25) is 0 Å². The molecule has 14 nitrogen and oxygen atoms in total. The van der Waals surface area contributed by atoms with Gasteiger partial charge in [0.05, 0.1) is 0 Å². The van der Waals surface area contributed by atoms with Crippen molar-refractivity contribution in [1.29, 1.82) is 0 Å². The molecule has 18 heteroatoms. The zero-order valence-corrected chi connectivity index (χ0v) is 18.2. The summed E-state index contributed by atoms with van der Waals surface area (Å²) in [7, 11) is -23.9. The minimum Gasteiger partial charge on any atom is -0.323 e. The summed E-state index contributed by atoms with van der Waals surface area (Å²) in [5.74, 6) is 0. The number of rotatable bonds is 12. The van der Waals surface area contributed by atoms with Crippen molar-refractivity contribution < 1.29 is 57.4 Å². The highest BCUT2D eigenvalue weighted by Crippen LogP contribution is 2.76. The van der Waals surface area contributed by atoms with Crippen molar-refractivity contribution in [3.8, 4) is 0 Å². The van der Waals surface area contributed by atoms with Crippen LogP contribution >= 0.6 is 30.4 Å². The Kier molecular flexibility index (Phi) is 9.43. The predicted molar refractivity (Wildman–Crippen MR) is 99.3 cm³/mol. The standard InChI is InChI=1S/C10H24N2O12P4/c1-4-6-11-7-8(3)10(27(19,20)21,28(22,23)24)12(5-2)9(25(13,14)15)26(16,17)18/h4,9,11H,1,3,5-7H2,2H3,(H2,13,14,15)(H2,16,17,18)(H2,19,20,21)(H2,22,23,24). The van der Waals surface area contributed by atoms with E-state index >= 15 is 0 Å². The summed E-state index contributed by atoms with van der Waals surface area (Å²) in [5, 5.41) is -1.36. The zero-order valence-electron chi connectivity index (χ0n) is 14.6. The van der Waals surface area contributed by atoms with Gasteiger partial charge in [-0.2, -0.15) is 0 Å². The molecule has 0 aliphatic heterocycles. The number of nitrogens with zero attached hydrogens (tertiary/aromatic N) is 1. The first-order valence-electron chi connectivity index (χ1n) is 7.28. The molecule has 0 atom stereocenters. The van der Waals surface area contributed by atoms with E-state index in [0.717, 1.165) is 6.92 Å². The molecule has 0 aromatic rings. The molecular formula is C10H24N2O12P4. The first-order chi connectivity index (χ1) is 12.3. The van der Waals surface area contributed by atoms with Gasteiger partial charge in [0, 0.05) is 13.1 Å². The highest BCUT2D eigenvalue weighted by molar-refractivity contribution is 7.73. The molecule has 0 amide bonds. The van der Waals surface area contributed by atoms with Gasteiger partial charge in [-0.15, -0.1) is 6.58 Å². The maximum absolute atomic E-state index is 12.3. The average molecular weight is 488 g/mol. The highest BCUT2D eigenvalue weighted by Gasteiger charge is 2.70. The monoisotopic (exact) mass is 488 g/mol. The van der Waals surface area contributed by atoms with E-state index in [0.29, 0.717) is 0 Å². The lowest BCUT2D eigenvalue weighted by atomic mass is 10.2. The van der Waals surface area contributed by atoms with E-state index in [4.69, 9.17) is 0 Å². The zero-order chi connectivity index (χ0) is 22.8. The SMILES string of the molecule is C=CCNCC(=C)C(N(CC)C(P(=O)(O)O)P(=O)(O)O)(P(=O)(O)O)P(=O)(O)O. The van der Waals surface area contributed by atoms with Gasteiger partial charge >= 0.3 is 30.4 Å². The second-order valence-electron chi connectivity index (χ2n) is 5.56. The Morgan fingerprint density at radius 1 is 1.00 bits per heavy atom. The van der Waals surface area contributed by atoms with E-state index in [1.807, 2.05) is 0 Å². The Morgan fingerprint density at radius 2 is 1.39 bits per heavy atom.